The minimum atomic E-state index is 0.546. The van der Waals surface area contributed by atoms with Gasteiger partial charge >= 0.3 is 0 Å². The lowest BCUT2D eigenvalue weighted by Crippen LogP contribution is -2.20. The Hall–Kier alpha value is -0.800. The third kappa shape index (κ3) is 9.50. The van der Waals surface area contributed by atoms with Crippen molar-refractivity contribution in [3.63, 3.8) is 0 Å². The van der Waals surface area contributed by atoms with Crippen molar-refractivity contribution in [3.05, 3.63) is 24.6 Å². The van der Waals surface area contributed by atoms with Crippen LogP contribution in [0.4, 0.5) is 0 Å². The van der Waals surface area contributed by atoms with Crippen LogP contribution >= 0.6 is 0 Å². The summed E-state index contributed by atoms with van der Waals surface area (Å²) in [4.78, 5) is 0. The molecule has 3 nitrogen and oxygen atoms in total. The van der Waals surface area contributed by atoms with E-state index >= 15 is 0 Å². The first-order valence-electron chi connectivity index (χ1n) is 5.45. The van der Waals surface area contributed by atoms with E-state index in [1.165, 1.54) is 7.05 Å². The van der Waals surface area contributed by atoms with Gasteiger partial charge in [0.2, 0.25) is 0 Å². The van der Waals surface area contributed by atoms with Crippen molar-refractivity contribution in [1.82, 2.24) is 10.6 Å². The van der Waals surface area contributed by atoms with Crippen molar-refractivity contribution in [2.24, 2.45) is 11.7 Å². The van der Waals surface area contributed by atoms with Crippen molar-refractivity contribution in [2.45, 2.75) is 26.7 Å². The Balaban J connectivity index is 0. The number of hydrogen-bond donors (Lipinski definition) is 3. The molecule has 0 aromatic carbocycles. The van der Waals surface area contributed by atoms with Crippen LogP contribution < -0.4 is 16.4 Å². The van der Waals surface area contributed by atoms with Crippen LogP contribution in [0.25, 0.3) is 0 Å². The van der Waals surface area contributed by atoms with Crippen LogP contribution in [-0.2, 0) is 0 Å². The SMILES string of the molecule is C=C(C)NC(=C)C(CC)CCNC.CN. The molecule has 0 heterocycles. The second kappa shape index (κ2) is 11.3. The highest BCUT2D eigenvalue weighted by atomic mass is 14.9. The summed E-state index contributed by atoms with van der Waals surface area (Å²) in [5.41, 5.74) is 6.55. The molecule has 0 aliphatic rings. The van der Waals surface area contributed by atoms with Gasteiger partial charge in [0.25, 0.3) is 0 Å². The van der Waals surface area contributed by atoms with E-state index in [4.69, 9.17) is 0 Å². The van der Waals surface area contributed by atoms with E-state index in [2.05, 4.69) is 36.4 Å². The van der Waals surface area contributed by atoms with Crippen molar-refractivity contribution in [2.75, 3.05) is 20.6 Å². The summed E-state index contributed by atoms with van der Waals surface area (Å²) in [7, 11) is 3.47. The quantitative estimate of drug-likeness (QED) is 0.605. The molecule has 0 spiro atoms. The smallest absolute Gasteiger partial charge is 0.0107 e. The minimum absolute atomic E-state index is 0.546. The lowest BCUT2D eigenvalue weighted by Gasteiger charge is -2.19. The van der Waals surface area contributed by atoms with Gasteiger partial charge in [0.15, 0.2) is 0 Å². The summed E-state index contributed by atoms with van der Waals surface area (Å²) in [6.07, 6.45) is 2.26. The fourth-order valence-electron chi connectivity index (χ4n) is 1.32. The van der Waals surface area contributed by atoms with Crippen molar-refractivity contribution in [1.29, 1.82) is 0 Å². The Kier molecular flexibility index (Phi) is 12.5. The van der Waals surface area contributed by atoms with E-state index in [1.807, 2.05) is 14.0 Å². The summed E-state index contributed by atoms with van der Waals surface area (Å²) in [5, 5.41) is 6.34. The monoisotopic (exact) mass is 213 g/mol. The molecule has 0 bridgehead atoms. The van der Waals surface area contributed by atoms with Gasteiger partial charge in [0.1, 0.15) is 0 Å². The van der Waals surface area contributed by atoms with E-state index in [1.54, 1.807) is 0 Å². The largest absolute Gasteiger partial charge is 0.363 e. The Morgan fingerprint density at radius 3 is 2.20 bits per heavy atom. The van der Waals surface area contributed by atoms with Gasteiger partial charge in [-0.05, 0) is 46.3 Å². The molecule has 0 radical (unpaired) electrons. The van der Waals surface area contributed by atoms with Crippen LogP contribution in [0, 0.1) is 5.92 Å². The molecule has 3 heteroatoms. The Morgan fingerprint density at radius 2 is 1.87 bits per heavy atom. The summed E-state index contributed by atoms with van der Waals surface area (Å²) >= 11 is 0. The minimum Gasteiger partial charge on any atom is -0.363 e. The Morgan fingerprint density at radius 1 is 1.33 bits per heavy atom. The summed E-state index contributed by atoms with van der Waals surface area (Å²) in [6, 6.07) is 0. The number of nitrogens with two attached hydrogens (primary N) is 1. The maximum atomic E-state index is 4.50. The zero-order valence-corrected chi connectivity index (χ0v) is 10.7. The molecule has 0 amide bonds. The number of hydrogen-bond acceptors (Lipinski definition) is 3. The molecule has 1 unspecified atom stereocenters. The second-order valence-corrected chi connectivity index (χ2v) is 3.43. The number of rotatable bonds is 7. The van der Waals surface area contributed by atoms with E-state index in [-0.39, 0.29) is 0 Å². The zero-order chi connectivity index (χ0) is 12.3. The van der Waals surface area contributed by atoms with E-state index < -0.39 is 0 Å². The predicted molar refractivity (Wildman–Crippen MR) is 69.5 cm³/mol. The average Bonchev–Trinajstić information content (AvgIpc) is 2.21. The average molecular weight is 213 g/mol. The zero-order valence-electron chi connectivity index (χ0n) is 10.7. The third-order valence-electron chi connectivity index (χ3n) is 2.10. The van der Waals surface area contributed by atoms with Gasteiger partial charge in [-0.1, -0.05) is 20.1 Å². The van der Waals surface area contributed by atoms with Gasteiger partial charge in [-0.25, -0.2) is 0 Å². The molecule has 0 saturated carbocycles. The predicted octanol–water partition coefficient (Wildman–Crippen LogP) is 1.83. The fraction of sp³-hybridized carbons (Fsp3) is 0.667. The lowest BCUT2D eigenvalue weighted by atomic mass is 9.99. The molecular weight excluding hydrogens is 186 g/mol. The molecule has 4 N–H and O–H groups in total. The maximum absolute atomic E-state index is 4.50. The normalized spacial score (nSPS) is 11.0. The highest BCUT2D eigenvalue weighted by molar-refractivity contribution is 5.05. The van der Waals surface area contributed by atoms with Crippen LogP contribution in [0.15, 0.2) is 24.6 Å². The molecule has 0 aromatic heterocycles. The van der Waals surface area contributed by atoms with Crippen LogP contribution in [0.1, 0.15) is 26.7 Å². The summed E-state index contributed by atoms with van der Waals surface area (Å²) in [5.74, 6) is 0.546. The van der Waals surface area contributed by atoms with Crippen molar-refractivity contribution in [3.8, 4) is 0 Å². The summed E-state index contributed by atoms with van der Waals surface area (Å²) in [6.45, 7) is 13.0. The van der Waals surface area contributed by atoms with Crippen molar-refractivity contribution >= 4 is 0 Å². The first kappa shape index (κ1) is 16.6. The topological polar surface area (TPSA) is 50.1 Å². The van der Waals surface area contributed by atoms with E-state index in [0.29, 0.717) is 5.92 Å². The highest BCUT2D eigenvalue weighted by Gasteiger charge is 2.09. The van der Waals surface area contributed by atoms with Gasteiger partial charge in [-0.15, -0.1) is 0 Å². The van der Waals surface area contributed by atoms with Gasteiger partial charge in [-0.2, -0.15) is 0 Å². The summed E-state index contributed by atoms with van der Waals surface area (Å²) < 4.78 is 0. The van der Waals surface area contributed by atoms with Gasteiger partial charge < -0.3 is 16.4 Å². The lowest BCUT2D eigenvalue weighted by molar-refractivity contribution is 0.506. The highest BCUT2D eigenvalue weighted by Crippen LogP contribution is 2.15. The number of allylic oxidation sites excluding steroid dienone is 2. The van der Waals surface area contributed by atoms with Gasteiger partial charge in [-0.3, -0.25) is 0 Å². The molecule has 0 saturated heterocycles. The van der Waals surface area contributed by atoms with Crippen LogP contribution in [0.3, 0.4) is 0 Å². The molecule has 0 rings (SSSR count). The van der Waals surface area contributed by atoms with E-state index in [0.717, 1.165) is 30.8 Å². The van der Waals surface area contributed by atoms with Crippen molar-refractivity contribution < 1.29 is 0 Å². The molecule has 1 atom stereocenters. The van der Waals surface area contributed by atoms with Gasteiger partial charge in [0, 0.05) is 11.4 Å². The molecule has 0 aromatic rings. The molecular formula is C12H27N3. The molecule has 0 fully saturated rings. The van der Waals surface area contributed by atoms with Crippen LogP contribution in [0.5, 0.6) is 0 Å². The van der Waals surface area contributed by atoms with Gasteiger partial charge in [0.05, 0.1) is 0 Å². The Bertz CT molecular complexity index is 176. The fourth-order valence-corrected chi connectivity index (χ4v) is 1.32. The molecule has 0 aliphatic carbocycles. The Labute approximate surface area is 94.8 Å². The maximum Gasteiger partial charge on any atom is 0.0107 e. The number of nitrogens with one attached hydrogen (secondary N) is 2. The van der Waals surface area contributed by atoms with Crippen LogP contribution in [-0.4, -0.2) is 20.6 Å². The third-order valence-corrected chi connectivity index (χ3v) is 2.10. The van der Waals surface area contributed by atoms with E-state index in [9.17, 15) is 0 Å². The molecule has 15 heavy (non-hydrogen) atoms. The molecule has 90 valence electrons. The standard InChI is InChI=1S/C11H22N2.CH5N/c1-6-11(7-8-12-5)10(4)13-9(2)3;1-2/h11-13H,2,4,6-8H2,1,3,5H3;2H2,1H3. The first-order valence-corrected chi connectivity index (χ1v) is 5.45. The second-order valence-electron chi connectivity index (χ2n) is 3.43. The first-order chi connectivity index (χ1) is 7.11. The van der Waals surface area contributed by atoms with Crippen LogP contribution in [0.2, 0.25) is 0 Å². The molecule has 0 aliphatic heterocycles.